The molecule has 0 aliphatic carbocycles. The fourth-order valence-electron chi connectivity index (χ4n) is 2.64. The van der Waals surface area contributed by atoms with Gasteiger partial charge in [-0.2, -0.15) is 5.10 Å². The third-order valence-corrected chi connectivity index (χ3v) is 4.42. The van der Waals surface area contributed by atoms with E-state index in [0.29, 0.717) is 12.0 Å². The number of amides is 1. The van der Waals surface area contributed by atoms with E-state index in [1.54, 1.807) is 0 Å². The number of rotatable bonds is 2. The number of hydrogen-bond donors (Lipinski definition) is 0. The van der Waals surface area contributed by atoms with Gasteiger partial charge in [-0.1, -0.05) is 0 Å². The van der Waals surface area contributed by atoms with Crippen molar-refractivity contribution >= 4 is 28.7 Å². The molecule has 0 saturated carbocycles. The summed E-state index contributed by atoms with van der Waals surface area (Å²) in [6.07, 6.45) is 5.76. The highest BCUT2D eigenvalue weighted by molar-refractivity contribution is 14.1. The number of aromatic nitrogens is 2. The number of carbonyl (C=O) groups is 1. The molecule has 0 unspecified atom stereocenters. The molecule has 1 aromatic heterocycles. The first-order chi connectivity index (χ1) is 9.76. The summed E-state index contributed by atoms with van der Waals surface area (Å²) in [6, 6.07) is 0.370. The van der Waals surface area contributed by atoms with Gasteiger partial charge in [-0.25, -0.2) is 4.79 Å². The van der Waals surface area contributed by atoms with E-state index >= 15 is 0 Å². The summed E-state index contributed by atoms with van der Waals surface area (Å²) in [4.78, 5) is 13.9. The van der Waals surface area contributed by atoms with Gasteiger partial charge in [-0.15, -0.1) is 0 Å². The molecular formula is C15H24IN3O2. The number of carbonyl (C=O) groups excluding carboxylic acids is 1. The predicted molar refractivity (Wildman–Crippen MR) is 90.2 cm³/mol. The molecule has 0 N–H and O–H groups in total. The molecule has 2 rings (SSSR count). The summed E-state index contributed by atoms with van der Waals surface area (Å²) >= 11 is 2.28. The normalized spacial score (nSPS) is 18.6. The van der Waals surface area contributed by atoms with Crippen molar-refractivity contribution in [1.29, 1.82) is 0 Å². The Labute approximate surface area is 140 Å². The lowest BCUT2D eigenvalue weighted by atomic mass is 9.90. The number of ether oxygens (including phenoxy) is 1. The van der Waals surface area contributed by atoms with E-state index in [1.807, 2.05) is 36.5 Å². The first-order valence-corrected chi connectivity index (χ1v) is 8.52. The molecule has 6 heteroatoms. The summed E-state index contributed by atoms with van der Waals surface area (Å²) in [5, 5.41) is 4.40. The van der Waals surface area contributed by atoms with E-state index in [0.717, 1.165) is 29.5 Å². The van der Waals surface area contributed by atoms with Crippen LogP contribution in [0.2, 0.25) is 0 Å². The van der Waals surface area contributed by atoms with Crippen LogP contribution in [0.4, 0.5) is 4.79 Å². The van der Waals surface area contributed by atoms with Crippen LogP contribution < -0.4 is 0 Å². The minimum atomic E-state index is -0.424. The Morgan fingerprint density at radius 1 is 1.43 bits per heavy atom. The molecule has 1 aromatic rings. The Balaban J connectivity index is 1.87. The average molecular weight is 405 g/mol. The van der Waals surface area contributed by atoms with Crippen molar-refractivity contribution in [1.82, 2.24) is 14.7 Å². The maximum Gasteiger partial charge on any atom is 0.410 e. The van der Waals surface area contributed by atoms with Gasteiger partial charge in [0.1, 0.15) is 5.60 Å². The second kappa shape index (κ2) is 6.54. The fraction of sp³-hybridized carbons (Fsp3) is 0.733. The molecule has 1 atom stereocenters. The van der Waals surface area contributed by atoms with Crippen LogP contribution in [0.3, 0.4) is 0 Å². The molecule has 21 heavy (non-hydrogen) atoms. The van der Waals surface area contributed by atoms with Gasteiger partial charge in [0.2, 0.25) is 0 Å². The molecule has 1 fully saturated rings. The summed E-state index contributed by atoms with van der Waals surface area (Å²) in [5.41, 5.74) is -0.424. The van der Waals surface area contributed by atoms with Gasteiger partial charge < -0.3 is 9.64 Å². The zero-order valence-electron chi connectivity index (χ0n) is 13.2. The lowest BCUT2D eigenvalue weighted by Gasteiger charge is -2.35. The molecule has 2 heterocycles. The minimum Gasteiger partial charge on any atom is -0.444 e. The number of halogens is 1. The van der Waals surface area contributed by atoms with Gasteiger partial charge in [-0.3, -0.25) is 4.68 Å². The minimum absolute atomic E-state index is 0.192. The molecule has 1 aliphatic rings. The first-order valence-electron chi connectivity index (χ1n) is 7.44. The van der Waals surface area contributed by atoms with E-state index in [-0.39, 0.29) is 6.09 Å². The van der Waals surface area contributed by atoms with Crippen molar-refractivity contribution in [2.24, 2.45) is 5.92 Å². The summed E-state index contributed by atoms with van der Waals surface area (Å²) in [5.74, 6) is 0.555. The van der Waals surface area contributed by atoms with Crippen LogP contribution in [0.15, 0.2) is 12.4 Å². The largest absolute Gasteiger partial charge is 0.444 e. The van der Waals surface area contributed by atoms with Crippen molar-refractivity contribution in [3.8, 4) is 0 Å². The second-order valence-electron chi connectivity index (χ2n) is 6.68. The Morgan fingerprint density at radius 2 is 2.05 bits per heavy atom. The molecule has 118 valence electrons. The average Bonchev–Trinajstić information content (AvgIpc) is 2.83. The van der Waals surface area contributed by atoms with Crippen LogP contribution in [-0.2, 0) is 4.74 Å². The number of hydrogen-bond acceptors (Lipinski definition) is 3. The van der Waals surface area contributed by atoms with Crippen LogP contribution in [0.1, 0.15) is 46.6 Å². The van der Waals surface area contributed by atoms with Crippen molar-refractivity contribution < 1.29 is 9.53 Å². The van der Waals surface area contributed by atoms with Crippen molar-refractivity contribution in [3.05, 3.63) is 16.0 Å². The van der Waals surface area contributed by atoms with Crippen molar-refractivity contribution in [2.45, 2.75) is 52.2 Å². The highest BCUT2D eigenvalue weighted by atomic mass is 127. The van der Waals surface area contributed by atoms with Crippen LogP contribution in [0, 0.1) is 9.49 Å². The Hall–Kier alpha value is -0.790. The van der Waals surface area contributed by atoms with E-state index in [2.05, 4.69) is 40.8 Å². The lowest BCUT2D eigenvalue weighted by Crippen LogP contribution is -2.42. The topological polar surface area (TPSA) is 47.4 Å². The molecular weight excluding hydrogens is 381 g/mol. The number of likely N-dealkylation sites (tertiary alicyclic amines) is 1. The van der Waals surface area contributed by atoms with Crippen LogP contribution in [0.5, 0.6) is 0 Å². The van der Waals surface area contributed by atoms with Crippen LogP contribution >= 0.6 is 22.6 Å². The van der Waals surface area contributed by atoms with Gasteiger partial charge in [-0.05, 0) is 69.0 Å². The molecule has 0 spiro atoms. The Bertz CT molecular complexity index is 487. The predicted octanol–water partition coefficient (Wildman–Crippen LogP) is 3.70. The molecule has 1 saturated heterocycles. The molecule has 1 amide bonds. The van der Waals surface area contributed by atoms with Gasteiger partial charge in [0, 0.05) is 19.3 Å². The number of piperidine rings is 1. The fourth-order valence-corrected chi connectivity index (χ4v) is 3.05. The van der Waals surface area contributed by atoms with E-state index in [9.17, 15) is 4.79 Å². The highest BCUT2D eigenvalue weighted by Gasteiger charge is 2.29. The molecule has 5 nitrogen and oxygen atoms in total. The smallest absolute Gasteiger partial charge is 0.410 e. The standard InChI is InChI=1S/C15H24IN3O2/c1-11(19-10-13(16)9-17-19)12-5-7-18(8-6-12)14(20)21-15(2,3)4/h9-12H,5-8H2,1-4H3/t11-/m0/s1. The highest BCUT2D eigenvalue weighted by Crippen LogP contribution is 2.29. The van der Waals surface area contributed by atoms with Crippen molar-refractivity contribution in [3.63, 3.8) is 0 Å². The Morgan fingerprint density at radius 3 is 2.52 bits per heavy atom. The maximum absolute atomic E-state index is 12.0. The lowest BCUT2D eigenvalue weighted by molar-refractivity contribution is 0.0163. The molecule has 0 aromatic carbocycles. The number of nitrogens with zero attached hydrogens (tertiary/aromatic N) is 3. The monoisotopic (exact) mass is 405 g/mol. The van der Waals surface area contributed by atoms with Gasteiger partial charge >= 0.3 is 6.09 Å². The van der Waals surface area contributed by atoms with E-state index in [4.69, 9.17) is 4.74 Å². The van der Waals surface area contributed by atoms with Crippen molar-refractivity contribution in [2.75, 3.05) is 13.1 Å². The first kappa shape index (κ1) is 16.6. The quantitative estimate of drug-likeness (QED) is 0.706. The third-order valence-electron chi connectivity index (χ3n) is 3.86. The second-order valence-corrected chi connectivity index (χ2v) is 7.93. The van der Waals surface area contributed by atoms with Crippen LogP contribution in [0.25, 0.3) is 0 Å². The van der Waals surface area contributed by atoms with Gasteiger partial charge in [0.05, 0.1) is 15.8 Å². The van der Waals surface area contributed by atoms with E-state index in [1.165, 1.54) is 0 Å². The molecule has 1 aliphatic heterocycles. The zero-order valence-corrected chi connectivity index (χ0v) is 15.3. The van der Waals surface area contributed by atoms with Crippen LogP contribution in [-0.4, -0.2) is 39.5 Å². The Kier molecular flexibility index (Phi) is 5.16. The third kappa shape index (κ3) is 4.59. The summed E-state index contributed by atoms with van der Waals surface area (Å²) < 4.78 is 8.62. The van der Waals surface area contributed by atoms with E-state index < -0.39 is 5.60 Å². The summed E-state index contributed by atoms with van der Waals surface area (Å²) in [7, 11) is 0. The zero-order chi connectivity index (χ0) is 15.6. The molecule has 0 bridgehead atoms. The molecule has 0 radical (unpaired) electrons. The van der Waals surface area contributed by atoms with Gasteiger partial charge in [0.15, 0.2) is 0 Å². The SMILES string of the molecule is C[C@@H](C1CCN(C(=O)OC(C)(C)C)CC1)n1cc(I)cn1. The van der Waals surface area contributed by atoms with Gasteiger partial charge in [0.25, 0.3) is 0 Å². The summed E-state index contributed by atoms with van der Waals surface area (Å²) in [6.45, 7) is 9.44. The maximum atomic E-state index is 12.0.